The summed E-state index contributed by atoms with van der Waals surface area (Å²) in [7, 11) is 1.96. The molecule has 0 atom stereocenters. The summed E-state index contributed by atoms with van der Waals surface area (Å²) in [5.41, 5.74) is 1.33. The standard InChI is InChI=1S/C10H15NO/c1-9(5-6-11-2)8-10-4-3-7-12-10/h3-4,7-8,11H,5-6H2,1-2H3/b9-8+. The second kappa shape index (κ2) is 4.78. The maximum Gasteiger partial charge on any atom is 0.126 e. The van der Waals surface area contributed by atoms with Gasteiger partial charge >= 0.3 is 0 Å². The zero-order chi connectivity index (χ0) is 8.81. The first-order chi connectivity index (χ1) is 5.83. The van der Waals surface area contributed by atoms with E-state index in [1.165, 1.54) is 5.57 Å². The van der Waals surface area contributed by atoms with Gasteiger partial charge in [-0.05, 0) is 45.1 Å². The number of nitrogens with one attached hydrogen (secondary N) is 1. The molecule has 0 aromatic carbocycles. The molecule has 0 fully saturated rings. The number of furan rings is 1. The molecule has 2 heteroatoms. The van der Waals surface area contributed by atoms with Crippen LogP contribution >= 0.6 is 0 Å². The van der Waals surface area contributed by atoms with E-state index in [9.17, 15) is 0 Å². The maximum atomic E-state index is 5.19. The lowest BCUT2D eigenvalue weighted by molar-refractivity contribution is 0.556. The summed E-state index contributed by atoms with van der Waals surface area (Å²) in [5, 5.41) is 3.11. The summed E-state index contributed by atoms with van der Waals surface area (Å²) in [5.74, 6) is 0.934. The van der Waals surface area contributed by atoms with Crippen molar-refractivity contribution in [2.75, 3.05) is 13.6 Å². The first kappa shape index (κ1) is 9.07. The molecule has 0 aliphatic rings. The third-order valence-corrected chi connectivity index (χ3v) is 1.70. The molecule has 0 bridgehead atoms. The molecule has 0 amide bonds. The Hall–Kier alpha value is -1.02. The van der Waals surface area contributed by atoms with Crippen molar-refractivity contribution in [2.24, 2.45) is 0 Å². The Morgan fingerprint density at radius 3 is 3.08 bits per heavy atom. The van der Waals surface area contributed by atoms with Gasteiger partial charge in [0.25, 0.3) is 0 Å². The van der Waals surface area contributed by atoms with Crippen LogP contribution in [0.5, 0.6) is 0 Å². The van der Waals surface area contributed by atoms with E-state index in [0.29, 0.717) is 0 Å². The fraction of sp³-hybridized carbons (Fsp3) is 0.400. The number of rotatable bonds is 4. The van der Waals surface area contributed by atoms with Crippen molar-refractivity contribution in [3.05, 3.63) is 29.7 Å². The van der Waals surface area contributed by atoms with E-state index < -0.39 is 0 Å². The van der Waals surface area contributed by atoms with E-state index in [1.54, 1.807) is 6.26 Å². The summed E-state index contributed by atoms with van der Waals surface area (Å²) in [4.78, 5) is 0. The lowest BCUT2D eigenvalue weighted by Gasteiger charge is -1.98. The molecule has 0 saturated carbocycles. The SMILES string of the molecule is CNCC/C(C)=C/c1ccco1. The van der Waals surface area contributed by atoms with Gasteiger partial charge < -0.3 is 9.73 Å². The van der Waals surface area contributed by atoms with Crippen LogP contribution in [0.15, 0.2) is 28.4 Å². The first-order valence-corrected chi connectivity index (χ1v) is 4.18. The van der Waals surface area contributed by atoms with E-state index in [4.69, 9.17) is 4.42 Å². The molecule has 0 spiro atoms. The van der Waals surface area contributed by atoms with Gasteiger partial charge in [-0.1, -0.05) is 5.57 Å². The topological polar surface area (TPSA) is 25.2 Å². The Balaban J connectivity index is 2.46. The highest BCUT2D eigenvalue weighted by Gasteiger charge is 1.92. The van der Waals surface area contributed by atoms with Gasteiger partial charge in [0, 0.05) is 0 Å². The maximum absolute atomic E-state index is 5.19. The van der Waals surface area contributed by atoms with Gasteiger partial charge in [-0.25, -0.2) is 0 Å². The van der Waals surface area contributed by atoms with Gasteiger partial charge in [0.2, 0.25) is 0 Å². The van der Waals surface area contributed by atoms with Gasteiger partial charge in [0.05, 0.1) is 6.26 Å². The fourth-order valence-electron chi connectivity index (χ4n) is 1.01. The Kier molecular flexibility index (Phi) is 3.61. The van der Waals surface area contributed by atoms with E-state index >= 15 is 0 Å². The van der Waals surface area contributed by atoms with Crippen LogP contribution in [0.1, 0.15) is 19.1 Å². The normalized spacial score (nSPS) is 12.0. The van der Waals surface area contributed by atoms with Crippen molar-refractivity contribution in [3.8, 4) is 0 Å². The predicted molar refractivity (Wildman–Crippen MR) is 50.9 cm³/mol. The van der Waals surface area contributed by atoms with Crippen LogP contribution in [-0.4, -0.2) is 13.6 Å². The third-order valence-electron chi connectivity index (χ3n) is 1.70. The molecule has 1 rings (SSSR count). The van der Waals surface area contributed by atoms with Gasteiger partial charge in [0.1, 0.15) is 5.76 Å². The molecule has 1 heterocycles. The van der Waals surface area contributed by atoms with Crippen LogP contribution < -0.4 is 5.32 Å². The zero-order valence-corrected chi connectivity index (χ0v) is 7.63. The quantitative estimate of drug-likeness (QED) is 0.740. The molecule has 0 radical (unpaired) electrons. The smallest absolute Gasteiger partial charge is 0.126 e. The van der Waals surface area contributed by atoms with E-state index in [-0.39, 0.29) is 0 Å². The van der Waals surface area contributed by atoms with Crippen LogP contribution in [0, 0.1) is 0 Å². The Morgan fingerprint density at radius 1 is 1.67 bits per heavy atom. The largest absolute Gasteiger partial charge is 0.465 e. The zero-order valence-electron chi connectivity index (χ0n) is 7.63. The highest BCUT2D eigenvalue weighted by atomic mass is 16.3. The van der Waals surface area contributed by atoms with E-state index in [0.717, 1.165) is 18.7 Å². The Bertz CT molecular complexity index is 236. The van der Waals surface area contributed by atoms with E-state index in [2.05, 4.69) is 18.3 Å². The average molecular weight is 165 g/mol. The van der Waals surface area contributed by atoms with Crippen molar-refractivity contribution in [1.82, 2.24) is 5.32 Å². The lowest BCUT2D eigenvalue weighted by Crippen LogP contribution is -2.07. The number of hydrogen-bond acceptors (Lipinski definition) is 2. The molecule has 1 aromatic heterocycles. The molecule has 0 aliphatic carbocycles. The monoisotopic (exact) mass is 165 g/mol. The van der Waals surface area contributed by atoms with Gasteiger partial charge in [-0.15, -0.1) is 0 Å². The molecule has 0 saturated heterocycles. The highest BCUT2D eigenvalue weighted by Crippen LogP contribution is 2.08. The van der Waals surface area contributed by atoms with Crippen molar-refractivity contribution in [2.45, 2.75) is 13.3 Å². The molecular formula is C10H15NO. The third kappa shape index (κ3) is 2.93. The van der Waals surface area contributed by atoms with Crippen LogP contribution in [0.4, 0.5) is 0 Å². The molecule has 0 aliphatic heterocycles. The number of hydrogen-bond donors (Lipinski definition) is 1. The molecule has 12 heavy (non-hydrogen) atoms. The summed E-state index contributed by atoms with van der Waals surface area (Å²) in [6.45, 7) is 3.13. The minimum atomic E-state index is 0.934. The lowest BCUT2D eigenvalue weighted by atomic mass is 10.2. The second-order valence-electron chi connectivity index (χ2n) is 2.86. The molecule has 1 N–H and O–H groups in total. The van der Waals surface area contributed by atoms with Crippen LogP contribution in [-0.2, 0) is 0 Å². The van der Waals surface area contributed by atoms with Crippen molar-refractivity contribution >= 4 is 6.08 Å². The van der Waals surface area contributed by atoms with Crippen molar-refractivity contribution in [3.63, 3.8) is 0 Å². The average Bonchev–Trinajstić information content (AvgIpc) is 2.53. The first-order valence-electron chi connectivity index (χ1n) is 4.18. The Morgan fingerprint density at radius 2 is 2.50 bits per heavy atom. The molecule has 0 unspecified atom stereocenters. The van der Waals surface area contributed by atoms with Crippen LogP contribution in [0.2, 0.25) is 0 Å². The van der Waals surface area contributed by atoms with Crippen LogP contribution in [0.3, 0.4) is 0 Å². The van der Waals surface area contributed by atoms with Crippen molar-refractivity contribution < 1.29 is 4.42 Å². The van der Waals surface area contributed by atoms with Gasteiger partial charge in [-0.3, -0.25) is 0 Å². The minimum Gasteiger partial charge on any atom is -0.465 e. The summed E-state index contributed by atoms with van der Waals surface area (Å²) >= 11 is 0. The van der Waals surface area contributed by atoms with E-state index in [1.807, 2.05) is 19.2 Å². The summed E-state index contributed by atoms with van der Waals surface area (Å²) in [6.07, 6.45) is 4.83. The predicted octanol–water partition coefficient (Wildman–Crippen LogP) is 2.29. The molecule has 66 valence electrons. The second-order valence-corrected chi connectivity index (χ2v) is 2.86. The fourth-order valence-corrected chi connectivity index (χ4v) is 1.01. The molecular weight excluding hydrogens is 150 g/mol. The van der Waals surface area contributed by atoms with Gasteiger partial charge in [0.15, 0.2) is 0 Å². The molecule has 2 nitrogen and oxygen atoms in total. The minimum absolute atomic E-state index is 0.934. The Labute approximate surface area is 73.3 Å². The van der Waals surface area contributed by atoms with Crippen LogP contribution in [0.25, 0.3) is 6.08 Å². The van der Waals surface area contributed by atoms with Crippen molar-refractivity contribution in [1.29, 1.82) is 0 Å². The van der Waals surface area contributed by atoms with Gasteiger partial charge in [-0.2, -0.15) is 0 Å². The highest BCUT2D eigenvalue weighted by molar-refractivity contribution is 5.46. The molecule has 1 aromatic rings. The summed E-state index contributed by atoms with van der Waals surface area (Å²) < 4.78 is 5.19. The summed E-state index contributed by atoms with van der Waals surface area (Å²) in [6, 6.07) is 3.86.